The molecule has 34 heavy (non-hydrogen) atoms. The van der Waals surface area contributed by atoms with Gasteiger partial charge < -0.3 is 14.8 Å². The third-order valence-corrected chi connectivity index (χ3v) is 7.20. The Hall–Kier alpha value is -3.09. The minimum Gasteiger partial charge on any atom is -0.486 e. The smallest absolute Gasteiger partial charge is 0.244 e. The zero-order valence-electron chi connectivity index (χ0n) is 18.2. The summed E-state index contributed by atoms with van der Waals surface area (Å²) in [5.74, 6) is -2.22. The predicted octanol–water partition coefficient (Wildman–Crippen LogP) is 3.80. The van der Waals surface area contributed by atoms with Crippen molar-refractivity contribution >= 4 is 32.4 Å². The molecule has 0 aliphatic carbocycles. The molecule has 2 aromatic carbocycles. The highest BCUT2D eigenvalue weighted by atomic mass is 32.2. The lowest BCUT2D eigenvalue weighted by Gasteiger charge is -2.22. The van der Waals surface area contributed by atoms with E-state index >= 15 is 0 Å². The second-order valence-corrected chi connectivity index (χ2v) is 10.4. The van der Waals surface area contributed by atoms with Gasteiger partial charge in [-0.05, 0) is 36.2 Å². The van der Waals surface area contributed by atoms with E-state index in [-0.39, 0.29) is 10.0 Å². The zero-order chi connectivity index (χ0) is 24.5. The molecule has 8 nitrogen and oxygen atoms in total. The molecule has 4 rings (SSSR count). The lowest BCUT2D eigenvalue weighted by Crippen LogP contribution is -2.47. The number of benzene rings is 2. The predicted molar refractivity (Wildman–Crippen MR) is 122 cm³/mol. The number of amides is 1. The van der Waals surface area contributed by atoms with Gasteiger partial charge in [0.25, 0.3) is 0 Å². The van der Waals surface area contributed by atoms with Gasteiger partial charge in [-0.15, -0.1) is 11.3 Å². The van der Waals surface area contributed by atoms with Crippen LogP contribution in [0.25, 0.3) is 11.3 Å². The van der Waals surface area contributed by atoms with Crippen molar-refractivity contribution in [2.75, 3.05) is 18.5 Å². The van der Waals surface area contributed by atoms with Crippen molar-refractivity contribution in [2.24, 2.45) is 5.92 Å². The zero-order valence-corrected chi connectivity index (χ0v) is 19.8. The quantitative estimate of drug-likeness (QED) is 0.502. The van der Waals surface area contributed by atoms with Gasteiger partial charge in [0.05, 0.1) is 10.6 Å². The maximum absolute atomic E-state index is 13.5. The second-order valence-electron chi connectivity index (χ2n) is 7.80. The van der Waals surface area contributed by atoms with Gasteiger partial charge in [-0.1, -0.05) is 13.8 Å². The van der Waals surface area contributed by atoms with Crippen molar-refractivity contribution < 1.29 is 31.5 Å². The molecule has 180 valence electrons. The molecule has 1 unspecified atom stereocenters. The van der Waals surface area contributed by atoms with Gasteiger partial charge in [0.2, 0.25) is 15.9 Å². The number of aromatic nitrogens is 1. The van der Waals surface area contributed by atoms with Crippen molar-refractivity contribution in [1.29, 1.82) is 0 Å². The number of ether oxygens (including phenoxy) is 2. The number of fused-ring (bicyclic) bond motifs is 1. The first-order valence-corrected chi connectivity index (χ1v) is 12.6. The standard InChI is InChI=1S/C22H21F2N3O5S2/c1-12(2)20(27-34(29,30)14-4-6-18-19(10-14)32-8-7-31-18)21(28)26-22-25-17(11-33-22)13-3-5-15(23)16(24)9-13/h3-6,9-12,20,27H,7-8H2,1-2H3,(H,25,26,28). The molecule has 1 aromatic heterocycles. The Morgan fingerprint density at radius 2 is 1.79 bits per heavy atom. The fraction of sp³-hybridized carbons (Fsp3) is 0.273. The minimum absolute atomic E-state index is 0.0647. The van der Waals surface area contributed by atoms with Crippen LogP contribution in [0.2, 0.25) is 0 Å². The van der Waals surface area contributed by atoms with E-state index in [4.69, 9.17) is 9.47 Å². The van der Waals surface area contributed by atoms with Crippen LogP contribution in [0.3, 0.4) is 0 Å². The molecule has 0 spiro atoms. The van der Waals surface area contributed by atoms with Gasteiger partial charge in [0, 0.05) is 17.0 Å². The Morgan fingerprint density at radius 3 is 2.50 bits per heavy atom. The van der Waals surface area contributed by atoms with Crippen molar-refractivity contribution in [3.8, 4) is 22.8 Å². The second kappa shape index (κ2) is 9.65. The van der Waals surface area contributed by atoms with Crippen LogP contribution in [-0.2, 0) is 14.8 Å². The van der Waals surface area contributed by atoms with E-state index in [0.717, 1.165) is 23.5 Å². The third-order valence-electron chi connectivity index (χ3n) is 5.00. The van der Waals surface area contributed by atoms with Crippen LogP contribution >= 0.6 is 11.3 Å². The summed E-state index contributed by atoms with van der Waals surface area (Å²) in [6, 6.07) is 6.49. The van der Waals surface area contributed by atoms with Gasteiger partial charge >= 0.3 is 0 Å². The van der Waals surface area contributed by atoms with E-state index in [1.54, 1.807) is 19.2 Å². The molecule has 3 aromatic rings. The first kappa shape index (κ1) is 24.0. The Bertz CT molecular complexity index is 1330. The molecule has 0 saturated carbocycles. The Balaban J connectivity index is 1.50. The molecule has 0 bridgehead atoms. The highest BCUT2D eigenvalue weighted by Gasteiger charge is 2.30. The van der Waals surface area contributed by atoms with Gasteiger partial charge in [0.15, 0.2) is 28.3 Å². The molecule has 2 heterocycles. The average Bonchev–Trinajstić information content (AvgIpc) is 3.27. The largest absolute Gasteiger partial charge is 0.486 e. The van der Waals surface area contributed by atoms with Crippen LogP contribution in [0.1, 0.15) is 13.8 Å². The van der Waals surface area contributed by atoms with Crippen LogP contribution in [0, 0.1) is 17.6 Å². The minimum atomic E-state index is -4.06. The van der Waals surface area contributed by atoms with Crippen LogP contribution in [0.5, 0.6) is 11.5 Å². The number of sulfonamides is 1. The number of nitrogens with zero attached hydrogens (tertiary/aromatic N) is 1. The van der Waals surface area contributed by atoms with Crippen LogP contribution in [0.15, 0.2) is 46.7 Å². The van der Waals surface area contributed by atoms with Gasteiger partial charge in [-0.3, -0.25) is 4.79 Å². The number of carbonyl (C=O) groups excluding carboxylic acids is 1. The molecular weight excluding hydrogens is 488 g/mol. The number of carbonyl (C=O) groups is 1. The summed E-state index contributed by atoms with van der Waals surface area (Å²) in [5, 5.41) is 4.36. The molecule has 1 aliphatic heterocycles. The van der Waals surface area contributed by atoms with E-state index in [2.05, 4.69) is 15.0 Å². The Morgan fingerprint density at radius 1 is 1.06 bits per heavy atom. The van der Waals surface area contributed by atoms with Crippen molar-refractivity contribution in [3.63, 3.8) is 0 Å². The summed E-state index contributed by atoms with van der Waals surface area (Å²) in [6.45, 7) is 4.08. The van der Waals surface area contributed by atoms with Crippen molar-refractivity contribution in [2.45, 2.75) is 24.8 Å². The Kier molecular flexibility index (Phi) is 6.82. The highest BCUT2D eigenvalue weighted by molar-refractivity contribution is 7.89. The summed E-state index contributed by atoms with van der Waals surface area (Å²) >= 11 is 1.07. The maximum atomic E-state index is 13.5. The van der Waals surface area contributed by atoms with Crippen molar-refractivity contribution in [1.82, 2.24) is 9.71 Å². The molecule has 12 heteroatoms. The summed E-state index contributed by atoms with van der Waals surface area (Å²) in [4.78, 5) is 17.1. The molecule has 2 N–H and O–H groups in total. The topological polar surface area (TPSA) is 107 Å². The molecule has 1 amide bonds. The van der Waals surface area contributed by atoms with Gasteiger partial charge in [-0.2, -0.15) is 4.72 Å². The number of halogens is 2. The molecular formula is C22H21F2N3O5S2. The summed E-state index contributed by atoms with van der Waals surface area (Å²) in [5.41, 5.74) is 0.688. The number of rotatable bonds is 7. The van der Waals surface area contributed by atoms with Gasteiger partial charge in [0.1, 0.15) is 19.3 Å². The lowest BCUT2D eigenvalue weighted by atomic mass is 10.1. The third kappa shape index (κ3) is 5.18. The molecule has 0 saturated heterocycles. The van der Waals surface area contributed by atoms with E-state index in [9.17, 15) is 22.0 Å². The first-order valence-electron chi connectivity index (χ1n) is 10.3. The average molecular weight is 510 g/mol. The van der Waals surface area contributed by atoms with Gasteiger partial charge in [-0.25, -0.2) is 22.2 Å². The SMILES string of the molecule is CC(C)C(NS(=O)(=O)c1ccc2c(c1)OCCO2)C(=O)Nc1nc(-c2ccc(F)c(F)c2)cs1. The summed E-state index contributed by atoms with van der Waals surface area (Å²) < 4.78 is 65.9. The van der Waals surface area contributed by atoms with Crippen LogP contribution in [-0.4, -0.2) is 38.6 Å². The first-order chi connectivity index (χ1) is 16.1. The van der Waals surface area contributed by atoms with E-state index < -0.39 is 39.5 Å². The van der Waals surface area contributed by atoms with E-state index in [1.165, 1.54) is 24.3 Å². The highest BCUT2D eigenvalue weighted by Crippen LogP contribution is 2.32. The maximum Gasteiger partial charge on any atom is 0.244 e. The summed E-state index contributed by atoms with van der Waals surface area (Å²) in [7, 11) is -4.06. The fourth-order valence-corrected chi connectivity index (χ4v) is 5.30. The van der Waals surface area contributed by atoms with Crippen LogP contribution in [0.4, 0.5) is 13.9 Å². The van der Waals surface area contributed by atoms with Crippen LogP contribution < -0.4 is 19.5 Å². The molecule has 1 aliphatic rings. The number of anilines is 1. The molecule has 0 radical (unpaired) electrons. The van der Waals surface area contributed by atoms with E-state index in [0.29, 0.717) is 36.0 Å². The number of thiazole rings is 1. The molecule has 1 atom stereocenters. The fourth-order valence-electron chi connectivity index (χ4n) is 3.22. The number of nitrogens with one attached hydrogen (secondary N) is 2. The normalized spacial score (nSPS) is 14.1. The monoisotopic (exact) mass is 509 g/mol. The molecule has 0 fully saturated rings. The summed E-state index contributed by atoms with van der Waals surface area (Å²) in [6.07, 6.45) is 0. The number of hydrogen-bond acceptors (Lipinski definition) is 7. The Labute approximate surface area is 199 Å². The lowest BCUT2D eigenvalue weighted by molar-refractivity contribution is -0.118. The van der Waals surface area contributed by atoms with E-state index in [1.807, 2.05) is 0 Å². The number of hydrogen-bond donors (Lipinski definition) is 2. The van der Waals surface area contributed by atoms with Crippen molar-refractivity contribution in [3.05, 3.63) is 53.4 Å².